The van der Waals surface area contributed by atoms with Crippen molar-refractivity contribution < 1.29 is 9.50 Å². The highest BCUT2D eigenvalue weighted by molar-refractivity contribution is 5.85. The summed E-state index contributed by atoms with van der Waals surface area (Å²) in [7, 11) is 0. The summed E-state index contributed by atoms with van der Waals surface area (Å²) >= 11 is 0. The molecule has 2 aliphatic rings. The van der Waals surface area contributed by atoms with E-state index in [2.05, 4.69) is 39.7 Å². The number of aromatic hydroxyl groups is 1. The van der Waals surface area contributed by atoms with Crippen LogP contribution in [0.25, 0.3) is 5.70 Å². The van der Waals surface area contributed by atoms with Crippen LogP contribution in [-0.4, -0.2) is 54.2 Å². The zero-order chi connectivity index (χ0) is 22.5. The molecule has 0 aliphatic carbocycles. The first-order chi connectivity index (χ1) is 15.5. The highest BCUT2D eigenvalue weighted by atomic mass is 19.1. The minimum absolute atomic E-state index is 0.247. The zero-order valence-corrected chi connectivity index (χ0v) is 18.7. The molecule has 7 heteroatoms. The third-order valence-electron chi connectivity index (χ3n) is 6.03. The SMILES string of the molecule is C[C@H]1CN(Cc2ccc(F)c(C3=CC=NC(NCCc4cccc(O)c4)N3)c2)[C@@H](C)CN1. The fraction of sp³-hybridized carbons (Fsp3) is 0.400. The molecule has 2 heterocycles. The number of phenols is 1. The van der Waals surface area contributed by atoms with Gasteiger partial charge in [0.05, 0.1) is 0 Å². The standard InChI is InChI=1S/C25H32FN5O/c1-17-15-31(18(2)14-29-17)16-20-6-7-23(26)22(13-20)24-9-11-28-25(30-24)27-10-8-19-4-3-5-21(32)12-19/h3-7,9,11-13,17-18,25,27,29-30,32H,8,10,14-16H2,1-2H3/t17-,18-,25?/m0/s1. The second kappa shape index (κ2) is 10.3. The summed E-state index contributed by atoms with van der Waals surface area (Å²) in [5.74, 6) is 0.0181. The lowest BCUT2D eigenvalue weighted by Gasteiger charge is -2.37. The second-order valence-electron chi connectivity index (χ2n) is 8.70. The average Bonchev–Trinajstić information content (AvgIpc) is 2.78. The highest BCUT2D eigenvalue weighted by Crippen LogP contribution is 2.22. The Balaban J connectivity index is 1.38. The van der Waals surface area contributed by atoms with Gasteiger partial charge in [0, 0.05) is 55.7 Å². The van der Waals surface area contributed by atoms with Crippen molar-refractivity contribution in [2.24, 2.45) is 4.99 Å². The van der Waals surface area contributed by atoms with E-state index in [1.54, 1.807) is 24.4 Å². The molecule has 3 atom stereocenters. The third-order valence-corrected chi connectivity index (χ3v) is 6.03. The molecular weight excluding hydrogens is 405 g/mol. The topological polar surface area (TPSA) is 71.9 Å². The Labute approximate surface area is 189 Å². The molecule has 0 amide bonds. The van der Waals surface area contributed by atoms with Crippen LogP contribution in [0.3, 0.4) is 0 Å². The Morgan fingerprint density at radius 3 is 2.91 bits per heavy atom. The Bertz CT molecular complexity index is 992. The largest absolute Gasteiger partial charge is 0.508 e. The molecule has 1 unspecified atom stereocenters. The smallest absolute Gasteiger partial charge is 0.173 e. The molecule has 0 saturated carbocycles. The van der Waals surface area contributed by atoms with E-state index in [1.807, 2.05) is 30.3 Å². The van der Waals surface area contributed by atoms with E-state index in [0.29, 0.717) is 24.2 Å². The van der Waals surface area contributed by atoms with Gasteiger partial charge in [0.2, 0.25) is 0 Å². The molecule has 1 saturated heterocycles. The monoisotopic (exact) mass is 437 g/mol. The average molecular weight is 438 g/mol. The molecule has 0 spiro atoms. The van der Waals surface area contributed by atoms with Crippen LogP contribution in [0.5, 0.6) is 5.75 Å². The van der Waals surface area contributed by atoms with E-state index in [0.717, 1.165) is 42.9 Å². The Hall–Kier alpha value is -2.74. The Morgan fingerprint density at radius 2 is 2.06 bits per heavy atom. The predicted octanol–water partition coefficient (Wildman–Crippen LogP) is 2.84. The van der Waals surface area contributed by atoms with Crippen LogP contribution in [0.2, 0.25) is 0 Å². The second-order valence-corrected chi connectivity index (χ2v) is 8.70. The number of piperazine rings is 1. The van der Waals surface area contributed by atoms with Crippen LogP contribution < -0.4 is 16.0 Å². The molecule has 1 fully saturated rings. The van der Waals surface area contributed by atoms with Crippen LogP contribution in [0.1, 0.15) is 30.5 Å². The molecule has 6 nitrogen and oxygen atoms in total. The number of rotatable bonds is 7. The number of nitrogens with one attached hydrogen (secondary N) is 3. The minimum atomic E-state index is -0.329. The lowest BCUT2D eigenvalue weighted by atomic mass is 10.0. The van der Waals surface area contributed by atoms with Gasteiger partial charge in [-0.25, -0.2) is 4.39 Å². The first-order valence-electron chi connectivity index (χ1n) is 11.3. The van der Waals surface area contributed by atoms with Crippen molar-refractivity contribution in [2.75, 3.05) is 19.6 Å². The Kier molecular flexibility index (Phi) is 7.19. The predicted molar refractivity (Wildman–Crippen MR) is 127 cm³/mol. The molecule has 0 radical (unpaired) electrons. The summed E-state index contributed by atoms with van der Waals surface area (Å²) in [5, 5.41) is 19.7. The van der Waals surface area contributed by atoms with Crippen molar-refractivity contribution in [3.63, 3.8) is 0 Å². The van der Waals surface area contributed by atoms with Gasteiger partial charge in [-0.2, -0.15) is 0 Å². The third kappa shape index (κ3) is 5.73. The molecule has 2 aromatic rings. The maximum Gasteiger partial charge on any atom is 0.173 e. The summed E-state index contributed by atoms with van der Waals surface area (Å²) in [5.41, 5.74) is 3.42. The number of benzene rings is 2. The number of hydrogen-bond donors (Lipinski definition) is 4. The summed E-state index contributed by atoms with van der Waals surface area (Å²) in [4.78, 5) is 6.85. The van der Waals surface area contributed by atoms with E-state index in [4.69, 9.17) is 0 Å². The lowest BCUT2D eigenvalue weighted by molar-refractivity contribution is 0.139. The molecule has 2 aliphatic heterocycles. The van der Waals surface area contributed by atoms with Crippen molar-refractivity contribution >= 4 is 11.9 Å². The molecule has 32 heavy (non-hydrogen) atoms. The van der Waals surface area contributed by atoms with Gasteiger partial charge in [0.1, 0.15) is 11.6 Å². The summed E-state index contributed by atoms with van der Waals surface area (Å²) in [6.45, 7) is 7.83. The molecule has 170 valence electrons. The number of aliphatic imine (C=N–C) groups is 1. The van der Waals surface area contributed by atoms with Crippen molar-refractivity contribution in [1.29, 1.82) is 0 Å². The van der Waals surface area contributed by atoms with E-state index >= 15 is 0 Å². The van der Waals surface area contributed by atoms with Gasteiger partial charge in [-0.1, -0.05) is 18.2 Å². The van der Waals surface area contributed by atoms with Crippen LogP contribution >= 0.6 is 0 Å². The summed E-state index contributed by atoms with van der Waals surface area (Å²) < 4.78 is 14.7. The van der Waals surface area contributed by atoms with Crippen molar-refractivity contribution in [3.8, 4) is 5.75 Å². The van der Waals surface area contributed by atoms with Gasteiger partial charge in [0.15, 0.2) is 6.29 Å². The van der Waals surface area contributed by atoms with E-state index in [-0.39, 0.29) is 17.9 Å². The van der Waals surface area contributed by atoms with Crippen LogP contribution in [-0.2, 0) is 13.0 Å². The van der Waals surface area contributed by atoms with Gasteiger partial charge in [0.25, 0.3) is 0 Å². The van der Waals surface area contributed by atoms with Gasteiger partial charge < -0.3 is 15.7 Å². The van der Waals surface area contributed by atoms with Gasteiger partial charge >= 0.3 is 0 Å². The number of nitrogens with zero attached hydrogens (tertiary/aromatic N) is 2. The van der Waals surface area contributed by atoms with E-state index in [1.165, 1.54) is 0 Å². The van der Waals surface area contributed by atoms with Gasteiger partial charge in [-0.15, -0.1) is 0 Å². The van der Waals surface area contributed by atoms with E-state index < -0.39 is 0 Å². The highest BCUT2D eigenvalue weighted by Gasteiger charge is 2.23. The summed E-state index contributed by atoms with van der Waals surface area (Å²) in [6.07, 6.45) is 3.95. The van der Waals surface area contributed by atoms with Gasteiger partial charge in [-0.3, -0.25) is 15.2 Å². The molecular formula is C25H32FN5O. The fourth-order valence-electron chi connectivity index (χ4n) is 4.20. The lowest BCUT2D eigenvalue weighted by Crippen LogP contribution is -2.53. The first-order valence-corrected chi connectivity index (χ1v) is 11.3. The van der Waals surface area contributed by atoms with Crippen molar-refractivity contribution in [2.45, 2.75) is 45.2 Å². The number of allylic oxidation sites excluding steroid dienone is 1. The van der Waals surface area contributed by atoms with Gasteiger partial charge in [-0.05, 0) is 61.7 Å². The Morgan fingerprint density at radius 1 is 1.19 bits per heavy atom. The zero-order valence-electron chi connectivity index (χ0n) is 18.7. The summed E-state index contributed by atoms with van der Waals surface area (Å²) in [6, 6.07) is 13.5. The fourth-order valence-corrected chi connectivity index (χ4v) is 4.20. The minimum Gasteiger partial charge on any atom is -0.508 e. The number of halogens is 1. The van der Waals surface area contributed by atoms with Crippen LogP contribution in [0.4, 0.5) is 4.39 Å². The molecule has 4 rings (SSSR count). The number of phenolic OH excluding ortho intramolecular Hbond substituents is 1. The van der Waals surface area contributed by atoms with Crippen molar-refractivity contribution in [1.82, 2.24) is 20.9 Å². The molecule has 2 aromatic carbocycles. The normalized spacial score (nSPS) is 23.6. The molecule has 4 N–H and O–H groups in total. The number of hydrogen-bond acceptors (Lipinski definition) is 6. The maximum absolute atomic E-state index is 14.7. The molecule has 0 bridgehead atoms. The quantitative estimate of drug-likeness (QED) is 0.536. The maximum atomic E-state index is 14.7. The first kappa shape index (κ1) is 22.5. The van der Waals surface area contributed by atoms with Crippen LogP contribution in [0, 0.1) is 5.82 Å². The molecule has 0 aromatic heterocycles. The van der Waals surface area contributed by atoms with Crippen molar-refractivity contribution in [3.05, 3.63) is 71.0 Å². The van der Waals surface area contributed by atoms with E-state index in [9.17, 15) is 9.50 Å². The van der Waals surface area contributed by atoms with Crippen LogP contribution in [0.15, 0.2) is 53.5 Å².